The van der Waals surface area contributed by atoms with Gasteiger partial charge in [0.25, 0.3) is 5.91 Å². The minimum Gasteiger partial charge on any atom is -0.462 e. The molecule has 0 saturated carbocycles. The van der Waals surface area contributed by atoms with Gasteiger partial charge in [0, 0.05) is 12.7 Å². The number of rotatable bonds is 7. The number of esters is 2. The largest absolute Gasteiger partial charge is 0.462 e. The second-order valence-electron chi connectivity index (χ2n) is 5.64. The number of anilines is 1. The van der Waals surface area contributed by atoms with Crippen LogP contribution in [0.2, 0.25) is 0 Å². The zero-order valence-corrected chi connectivity index (χ0v) is 16.9. The van der Waals surface area contributed by atoms with Crippen molar-refractivity contribution in [3.63, 3.8) is 0 Å². The zero-order chi connectivity index (χ0) is 20.1. The molecule has 0 fully saturated rings. The van der Waals surface area contributed by atoms with E-state index in [0.717, 1.165) is 11.3 Å². The fourth-order valence-electron chi connectivity index (χ4n) is 2.52. The van der Waals surface area contributed by atoms with Crippen LogP contribution in [-0.2, 0) is 16.0 Å². The van der Waals surface area contributed by atoms with E-state index in [2.05, 4.69) is 10.4 Å². The molecule has 0 aromatic carbocycles. The van der Waals surface area contributed by atoms with E-state index in [1.165, 1.54) is 0 Å². The standard InChI is InChI=1S/C18H23N3O5S/c1-6-21-9-12(11(5)20-21)15(22)19-16-13(17(23)25-7-2)10(4)14(27-16)18(24)26-8-3/h9H,6-8H2,1-5H3,(H,19,22). The summed E-state index contributed by atoms with van der Waals surface area (Å²) >= 11 is 0.995. The number of carbonyl (C=O) groups excluding carboxylic acids is 3. The van der Waals surface area contributed by atoms with E-state index in [-0.39, 0.29) is 28.7 Å². The van der Waals surface area contributed by atoms with Gasteiger partial charge in [0.2, 0.25) is 0 Å². The maximum absolute atomic E-state index is 12.7. The molecule has 146 valence electrons. The van der Waals surface area contributed by atoms with Crippen molar-refractivity contribution in [2.45, 2.75) is 41.2 Å². The first kappa shape index (κ1) is 20.6. The monoisotopic (exact) mass is 393 g/mol. The van der Waals surface area contributed by atoms with Crippen molar-refractivity contribution in [2.75, 3.05) is 18.5 Å². The summed E-state index contributed by atoms with van der Waals surface area (Å²) in [5.74, 6) is -1.55. The van der Waals surface area contributed by atoms with E-state index < -0.39 is 17.8 Å². The maximum atomic E-state index is 12.7. The summed E-state index contributed by atoms with van der Waals surface area (Å²) in [4.78, 5) is 37.5. The van der Waals surface area contributed by atoms with Crippen LogP contribution < -0.4 is 5.32 Å². The van der Waals surface area contributed by atoms with E-state index in [4.69, 9.17) is 9.47 Å². The number of nitrogens with zero attached hydrogens (tertiary/aromatic N) is 2. The second-order valence-corrected chi connectivity index (χ2v) is 6.66. The Balaban J connectivity index is 2.42. The molecule has 0 spiro atoms. The topological polar surface area (TPSA) is 99.5 Å². The third kappa shape index (κ3) is 4.36. The number of aryl methyl sites for hydroxylation is 2. The molecule has 1 N–H and O–H groups in total. The van der Waals surface area contributed by atoms with E-state index in [9.17, 15) is 14.4 Å². The molecular formula is C18H23N3O5S. The summed E-state index contributed by atoms with van der Waals surface area (Å²) in [5.41, 5.74) is 1.56. The van der Waals surface area contributed by atoms with Crippen molar-refractivity contribution in [3.8, 4) is 0 Å². The molecule has 0 aliphatic carbocycles. The van der Waals surface area contributed by atoms with Crippen LogP contribution in [0.1, 0.15) is 62.4 Å². The van der Waals surface area contributed by atoms with Gasteiger partial charge in [0.05, 0.1) is 30.0 Å². The number of thiophene rings is 1. The molecule has 2 rings (SSSR count). The fourth-order valence-corrected chi connectivity index (χ4v) is 3.60. The van der Waals surface area contributed by atoms with Crippen LogP contribution in [0.15, 0.2) is 6.20 Å². The van der Waals surface area contributed by atoms with Gasteiger partial charge in [-0.3, -0.25) is 9.48 Å². The van der Waals surface area contributed by atoms with Gasteiger partial charge in [0.1, 0.15) is 9.88 Å². The second kappa shape index (κ2) is 8.81. The third-order valence-corrected chi connectivity index (χ3v) is 5.02. The highest BCUT2D eigenvalue weighted by molar-refractivity contribution is 7.18. The Bertz CT molecular complexity index is 869. The van der Waals surface area contributed by atoms with E-state index in [1.54, 1.807) is 38.6 Å². The number of aromatic nitrogens is 2. The van der Waals surface area contributed by atoms with Gasteiger partial charge in [-0.2, -0.15) is 5.10 Å². The molecule has 27 heavy (non-hydrogen) atoms. The fraction of sp³-hybridized carbons (Fsp3) is 0.444. The van der Waals surface area contributed by atoms with Crippen molar-refractivity contribution in [3.05, 3.63) is 33.5 Å². The lowest BCUT2D eigenvalue weighted by Gasteiger charge is -2.06. The highest BCUT2D eigenvalue weighted by atomic mass is 32.1. The number of nitrogens with one attached hydrogen (secondary N) is 1. The molecular weight excluding hydrogens is 370 g/mol. The predicted molar refractivity (Wildman–Crippen MR) is 102 cm³/mol. The van der Waals surface area contributed by atoms with Crippen LogP contribution in [0.3, 0.4) is 0 Å². The lowest BCUT2D eigenvalue weighted by molar-refractivity contribution is 0.0527. The van der Waals surface area contributed by atoms with Crippen LogP contribution in [-0.4, -0.2) is 40.8 Å². The number of ether oxygens (including phenoxy) is 2. The number of hydrogen-bond acceptors (Lipinski definition) is 7. The van der Waals surface area contributed by atoms with Crippen molar-refractivity contribution in [1.82, 2.24) is 9.78 Å². The minimum atomic E-state index is -0.599. The van der Waals surface area contributed by atoms with Crippen molar-refractivity contribution in [1.29, 1.82) is 0 Å². The molecule has 0 saturated heterocycles. The van der Waals surface area contributed by atoms with Crippen LogP contribution in [0.4, 0.5) is 5.00 Å². The van der Waals surface area contributed by atoms with Crippen molar-refractivity contribution >= 4 is 34.2 Å². The zero-order valence-electron chi connectivity index (χ0n) is 16.0. The van der Waals surface area contributed by atoms with Gasteiger partial charge < -0.3 is 14.8 Å². The Kier molecular flexibility index (Phi) is 6.73. The Hall–Kier alpha value is -2.68. The van der Waals surface area contributed by atoms with Gasteiger partial charge >= 0.3 is 11.9 Å². The quantitative estimate of drug-likeness (QED) is 0.725. The highest BCUT2D eigenvalue weighted by Crippen LogP contribution is 2.34. The summed E-state index contributed by atoms with van der Waals surface area (Å²) in [6.45, 7) is 9.69. The SMILES string of the molecule is CCOC(=O)c1sc(NC(=O)c2cn(CC)nc2C)c(C(=O)OCC)c1C. The Morgan fingerprint density at radius 2 is 1.74 bits per heavy atom. The molecule has 0 aliphatic heterocycles. The van der Waals surface area contributed by atoms with Crippen LogP contribution in [0.25, 0.3) is 0 Å². The molecule has 2 aromatic rings. The smallest absolute Gasteiger partial charge is 0.348 e. The van der Waals surface area contributed by atoms with Gasteiger partial charge in [-0.1, -0.05) is 0 Å². The molecule has 0 atom stereocenters. The first-order chi connectivity index (χ1) is 12.8. The van der Waals surface area contributed by atoms with Crippen LogP contribution >= 0.6 is 11.3 Å². The average molecular weight is 393 g/mol. The highest BCUT2D eigenvalue weighted by Gasteiger charge is 2.28. The molecule has 2 heterocycles. The summed E-state index contributed by atoms with van der Waals surface area (Å²) in [6.07, 6.45) is 1.64. The molecule has 8 nitrogen and oxygen atoms in total. The Morgan fingerprint density at radius 3 is 2.30 bits per heavy atom. The Morgan fingerprint density at radius 1 is 1.11 bits per heavy atom. The summed E-state index contributed by atoms with van der Waals surface area (Å²) in [6, 6.07) is 0. The molecule has 2 aromatic heterocycles. The molecule has 0 bridgehead atoms. The predicted octanol–water partition coefficient (Wildman–Crippen LogP) is 3.19. The van der Waals surface area contributed by atoms with E-state index >= 15 is 0 Å². The number of hydrogen-bond donors (Lipinski definition) is 1. The van der Waals surface area contributed by atoms with Crippen molar-refractivity contribution < 1.29 is 23.9 Å². The average Bonchev–Trinajstić information content (AvgIpc) is 3.15. The lowest BCUT2D eigenvalue weighted by Crippen LogP contribution is -2.15. The Labute approximate surface area is 161 Å². The van der Waals surface area contributed by atoms with Crippen LogP contribution in [0, 0.1) is 13.8 Å². The van der Waals surface area contributed by atoms with E-state index in [0.29, 0.717) is 23.4 Å². The summed E-state index contributed by atoms with van der Waals surface area (Å²) in [7, 11) is 0. The molecule has 9 heteroatoms. The third-order valence-electron chi connectivity index (χ3n) is 3.83. The summed E-state index contributed by atoms with van der Waals surface area (Å²) in [5, 5.41) is 7.22. The molecule has 0 aliphatic rings. The van der Waals surface area contributed by atoms with Gasteiger partial charge in [-0.05, 0) is 40.2 Å². The normalized spacial score (nSPS) is 10.6. The van der Waals surface area contributed by atoms with Crippen molar-refractivity contribution in [2.24, 2.45) is 0 Å². The first-order valence-corrected chi connectivity index (χ1v) is 9.48. The van der Waals surface area contributed by atoms with Gasteiger partial charge in [0.15, 0.2) is 0 Å². The molecule has 0 unspecified atom stereocenters. The van der Waals surface area contributed by atoms with Gasteiger partial charge in [-0.15, -0.1) is 11.3 Å². The molecule has 0 radical (unpaired) electrons. The number of amides is 1. The lowest BCUT2D eigenvalue weighted by atomic mass is 10.1. The van der Waals surface area contributed by atoms with Gasteiger partial charge in [-0.25, -0.2) is 9.59 Å². The van der Waals surface area contributed by atoms with E-state index in [1.807, 2.05) is 6.92 Å². The molecule has 1 amide bonds. The summed E-state index contributed by atoms with van der Waals surface area (Å²) < 4.78 is 11.8. The van der Waals surface area contributed by atoms with Crippen LogP contribution in [0.5, 0.6) is 0 Å². The first-order valence-electron chi connectivity index (χ1n) is 8.66. The number of carbonyl (C=O) groups is 3. The minimum absolute atomic E-state index is 0.166. The maximum Gasteiger partial charge on any atom is 0.348 e.